The second-order valence-electron chi connectivity index (χ2n) is 7.24. The van der Waals surface area contributed by atoms with E-state index < -0.39 is 0 Å². The molecule has 3 aliphatic heterocycles. The zero-order valence-corrected chi connectivity index (χ0v) is 14.5. The van der Waals surface area contributed by atoms with Crippen LogP contribution in [0.3, 0.4) is 0 Å². The van der Waals surface area contributed by atoms with Gasteiger partial charge in [-0.05, 0) is 43.6 Å². The topological polar surface area (TPSA) is 76.6 Å². The number of nitrogens with zero attached hydrogens (tertiary/aromatic N) is 3. The van der Waals surface area contributed by atoms with Gasteiger partial charge in [0, 0.05) is 45.2 Å². The van der Waals surface area contributed by atoms with Gasteiger partial charge in [0.2, 0.25) is 11.9 Å². The summed E-state index contributed by atoms with van der Waals surface area (Å²) in [6, 6.07) is 1.82. The number of amides is 1. The van der Waals surface area contributed by atoms with E-state index in [9.17, 15) is 4.79 Å². The van der Waals surface area contributed by atoms with Crippen molar-refractivity contribution in [2.45, 2.75) is 37.9 Å². The number of fused-ring (bicyclic) bond motifs is 1. The van der Waals surface area contributed by atoms with Crippen molar-refractivity contribution in [2.24, 2.45) is 11.8 Å². The fourth-order valence-electron chi connectivity index (χ4n) is 4.04. The molecule has 4 heterocycles. The lowest BCUT2D eigenvalue weighted by Crippen LogP contribution is -2.43. The van der Waals surface area contributed by atoms with E-state index in [-0.39, 0.29) is 18.1 Å². The average molecular weight is 346 g/mol. The van der Waals surface area contributed by atoms with Gasteiger partial charge in [-0.15, -0.1) is 0 Å². The van der Waals surface area contributed by atoms with Crippen LogP contribution in [0, 0.1) is 11.8 Å². The van der Waals surface area contributed by atoms with Gasteiger partial charge >= 0.3 is 0 Å². The Bertz CT molecular complexity index is 579. The second-order valence-corrected chi connectivity index (χ2v) is 7.24. The normalized spacial score (nSPS) is 30.1. The third-order valence-electron chi connectivity index (χ3n) is 5.59. The summed E-state index contributed by atoms with van der Waals surface area (Å²) < 4.78 is 11.4. The SMILES string of the molecule is O=C(NCC1CCOCC1)[C@H]1C[C@@H]2CCN(c3ncccn3)C[C@H]2O1. The number of rotatable bonds is 4. The zero-order chi connectivity index (χ0) is 17.1. The number of carbonyl (C=O) groups is 1. The Hall–Kier alpha value is -1.73. The van der Waals surface area contributed by atoms with E-state index in [2.05, 4.69) is 20.2 Å². The van der Waals surface area contributed by atoms with E-state index in [1.807, 2.05) is 6.07 Å². The van der Waals surface area contributed by atoms with Crippen LogP contribution >= 0.6 is 0 Å². The average Bonchev–Trinajstić information content (AvgIpc) is 3.11. The Kier molecular flexibility index (Phi) is 5.12. The summed E-state index contributed by atoms with van der Waals surface area (Å²) in [6.07, 6.45) is 7.21. The van der Waals surface area contributed by atoms with E-state index in [0.29, 0.717) is 11.8 Å². The van der Waals surface area contributed by atoms with Gasteiger partial charge in [0.05, 0.1) is 6.10 Å². The molecule has 3 aliphatic rings. The summed E-state index contributed by atoms with van der Waals surface area (Å²) >= 11 is 0. The molecule has 25 heavy (non-hydrogen) atoms. The lowest BCUT2D eigenvalue weighted by atomic mass is 9.91. The standard InChI is InChI=1S/C18H26N4O3/c23-17(21-11-13-3-8-24-9-4-13)15-10-14-2-7-22(12-16(14)25-15)18-19-5-1-6-20-18/h1,5-6,13-16H,2-4,7-12H2,(H,21,23)/t14-,15+,16+/m0/s1. The van der Waals surface area contributed by atoms with Crippen molar-refractivity contribution in [3.05, 3.63) is 18.5 Å². The van der Waals surface area contributed by atoms with Crippen LogP contribution in [-0.2, 0) is 14.3 Å². The van der Waals surface area contributed by atoms with Gasteiger partial charge in [-0.25, -0.2) is 9.97 Å². The second kappa shape index (κ2) is 7.66. The number of hydrogen-bond donors (Lipinski definition) is 1. The van der Waals surface area contributed by atoms with E-state index in [1.165, 1.54) is 0 Å². The molecular formula is C18H26N4O3. The maximum Gasteiger partial charge on any atom is 0.249 e. The van der Waals surface area contributed by atoms with Crippen molar-refractivity contribution in [2.75, 3.05) is 37.7 Å². The molecule has 0 saturated carbocycles. The van der Waals surface area contributed by atoms with Crippen LogP contribution < -0.4 is 10.2 Å². The van der Waals surface area contributed by atoms with Crippen LogP contribution in [0.2, 0.25) is 0 Å². The molecule has 3 atom stereocenters. The molecule has 7 nitrogen and oxygen atoms in total. The van der Waals surface area contributed by atoms with E-state index >= 15 is 0 Å². The Balaban J connectivity index is 1.28. The monoisotopic (exact) mass is 346 g/mol. The molecule has 3 fully saturated rings. The molecule has 0 unspecified atom stereocenters. The van der Waals surface area contributed by atoms with Gasteiger partial charge in [0.25, 0.3) is 0 Å². The Morgan fingerprint density at radius 1 is 1.24 bits per heavy atom. The predicted octanol–water partition coefficient (Wildman–Crippen LogP) is 1.00. The van der Waals surface area contributed by atoms with Gasteiger partial charge in [-0.2, -0.15) is 0 Å². The summed E-state index contributed by atoms with van der Waals surface area (Å²) in [4.78, 5) is 23.3. The van der Waals surface area contributed by atoms with Gasteiger partial charge in [-0.1, -0.05) is 0 Å². The fourth-order valence-corrected chi connectivity index (χ4v) is 4.04. The van der Waals surface area contributed by atoms with Crippen LogP contribution in [0.4, 0.5) is 5.95 Å². The number of anilines is 1. The van der Waals surface area contributed by atoms with Crippen LogP contribution in [0.15, 0.2) is 18.5 Å². The minimum Gasteiger partial charge on any atom is -0.381 e. The van der Waals surface area contributed by atoms with Crippen molar-refractivity contribution < 1.29 is 14.3 Å². The van der Waals surface area contributed by atoms with Gasteiger partial charge in [0.1, 0.15) is 6.10 Å². The number of carbonyl (C=O) groups excluding carboxylic acids is 1. The highest BCUT2D eigenvalue weighted by Crippen LogP contribution is 2.34. The van der Waals surface area contributed by atoms with E-state index in [0.717, 1.165) is 64.5 Å². The molecule has 136 valence electrons. The minimum atomic E-state index is -0.313. The minimum absolute atomic E-state index is 0.0448. The van der Waals surface area contributed by atoms with Crippen LogP contribution in [0.1, 0.15) is 25.7 Å². The third kappa shape index (κ3) is 3.93. The first kappa shape index (κ1) is 16.7. The summed E-state index contributed by atoms with van der Waals surface area (Å²) in [7, 11) is 0. The van der Waals surface area contributed by atoms with Gasteiger partial charge < -0.3 is 19.7 Å². The highest BCUT2D eigenvalue weighted by molar-refractivity contribution is 5.81. The first-order valence-electron chi connectivity index (χ1n) is 9.32. The first-order valence-corrected chi connectivity index (χ1v) is 9.32. The Morgan fingerprint density at radius 2 is 2.04 bits per heavy atom. The molecule has 4 rings (SSSR count). The smallest absolute Gasteiger partial charge is 0.249 e. The zero-order valence-electron chi connectivity index (χ0n) is 14.5. The number of aromatic nitrogens is 2. The fraction of sp³-hybridized carbons (Fsp3) is 0.722. The highest BCUT2D eigenvalue weighted by Gasteiger charge is 2.42. The molecule has 3 saturated heterocycles. The summed E-state index contributed by atoms with van der Waals surface area (Å²) in [5.41, 5.74) is 0. The van der Waals surface area contributed by atoms with Gasteiger partial charge in [0.15, 0.2) is 0 Å². The number of piperidine rings is 1. The summed E-state index contributed by atoms with van der Waals surface area (Å²) in [6.45, 7) is 4.04. The molecule has 0 radical (unpaired) electrons. The maximum atomic E-state index is 12.5. The summed E-state index contributed by atoms with van der Waals surface area (Å²) in [5, 5.41) is 3.09. The molecule has 0 spiro atoms. The highest BCUT2D eigenvalue weighted by atomic mass is 16.5. The quantitative estimate of drug-likeness (QED) is 0.877. The summed E-state index contributed by atoms with van der Waals surface area (Å²) in [5.74, 6) is 1.78. The molecule has 1 aromatic rings. The molecule has 1 amide bonds. The predicted molar refractivity (Wildman–Crippen MR) is 92.2 cm³/mol. The number of nitrogens with one attached hydrogen (secondary N) is 1. The van der Waals surface area contributed by atoms with Crippen molar-refractivity contribution in [3.8, 4) is 0 Å². The maximum absolute atomic E-state index is 12.5. The largest absolute Gasteiger partial charge is 0.381 e. The van der Waals surface area contributed by atoms with Crippen molar-refractivity contribution in [1.82, 2.24) is 15.3 Å². The molecule has 1 N–H and O–H groups in total. The third-order valence-corrected chi connectivity index (χ3v) is 5.59. The Labute approximate surface area is 148 Å². The van der Waals surface area contributed by atoms with Crippen molar-refractivity contribution in [1.29, 1.82) is 0 Å². The molecule has 0 aliphatic carbocycles. The van der Waals surface area contributed by atoms with Crippen molar-refractivity contribution in [3.63, 3.8) is 0 Å². The van der Waals surface area contributed by atoms with Crippen molar-refractivity contribution >= 4 is 11.9 Å². The molecule has 0 aromatic carbocycles. The number of ether oxygens (including phenoxy) is 2. The van der Waals surface area contributed by atoms with Crippen LogP contribution in [0.5, 0.6) is 0 Å². The molecule has 1 aromatic heterocycles. The van der Waals surface area contributed by atoms with Crippen LogP contribution in [-0.4, -0.2) is 60.9 Å². The lowest BCUT2D eigenvalue weighted by Gasteiger charge is -2.33. The molecule has 7 heteroatoms. The first-order chi connectivity index (χ1) is 12.3. The van der Waals surface area contributed by atoms with Crippen LogP contribution in [0.25, 0.3) is 0 Å². The van der Waals surface area contributed by atoms with Gasteiger partial charge in [-0.3, -0.25) is 4.79 Å². The number of hydrogen-bond acceptors (Lipinski definition) is 6. The Morgan fingerprint density at radius 3 is 2.84 bits per heavy atom. The van der Waals surface area contributed by atoms with E-state index in [1.54, 1.807) is 12.4 Å². The van der Waals surface area contributed by atoms with E-state index in [4.69, 9.17) is 9.47 Å². The molecule has 0 bridgehead atoms. The lowest BCUT2D eigenvalue weighted by molar-refractivity contribution is -0.132. The molecular weight excluding hydrogens is 320 g/mol.